The zero-order chi connectivity index (χ0) is 18.5. The smallest absolute Gasteiger partial charge is 0.270 e. The Morgan fingerprint density at radius 2 is 1.88 bits per heavy atom. The Hall–Kier alpha value is -3.08. The summed E-state index contributed by atoms with van der Waals surface area (Å²) < 4.78 is 6.60. The Morgan fingerprint density at radius 3 is 2.62 bits per heavy atom. The average Bonchev–Trinajstić information content (AvgIpc) is 2.76. The van der Waals surface area contributed by atoms with Gasteiger partial charge >= 0.3 is 0 Å². The predicted octanol–water partition coefficient (Wildman–Crippen LogP) is 4.68. The molecule has 0 fully saturated rings. The maximum absolute atomic E-state index is 11.1. The molecule has 0 aliphatic carbocycles. The summed E-state index contributed by atoms with van der Waals surface area (Å²) in [6, 6.07) is 13.0. The third kappa shape index (κ3) is 2.10. The first kappa shape index (κ1) is 16.4. The van der Waals surface area contributed by atoms with Gasteiger partial charge in [-0.25, -0.2) is 0 Å². The number of allylic oxidation sites excluding steroid dienone is 2. The van der Waals surface area contributed by atoms with Crippen LogP contribution in [0.15, 0.2) is 60.7 Å². The zero-order valence-electron chi connectivity index (χ0n) is 15.0. The second-order valence-corrected chi connectivity index (χ2v) is 7.20. The minimum Gasteiger partial charge on any atom is -0.463 e. The highest BCUT2D eigenvalue weighted by molar-refractivity contribution is 5.69. The highest BCUT2D eigenvalue weighted by Gasteiger charge is 2.56. The van der Waals surface area contributed by atoms with Gasteiger partial charge in [0.1, 0.15) is 5.75 Å². The summed E-state index contributed by atoms with van der Waals surface area (Å²) in [5.41, 5.74) is 2.03. The predicted molar refractivity (Wildman–Crippen MR) is 103 cm³/mol. The van der Waals surface area contributed by atoms with Crippen LogP contribution in [0.4, 0.5) is 11.4 Å². The van der Waals surface area contributed by atoms with Gasteiger partial charge in [-0.15, -0.1) is 0 Å². The summed E-state index contributed by atoms with van der Waals surface area (Å²) in [5, 5.41) is 11.1. The van der Waals surface area contributed by atoms with E-state index in [4.69, 9.17) is 4.74 Å². The zero-order valence-corrected chi connectivity index (χ0v) is 15.0. The standard InChI is InChI=1S/C21H20N2O3/c1-20(2)17-9-4-5-10-18(17)22(3)21(20)13-7-6-8-15-14-16(23(24)25)11-12-19(15)26-21/h4-14H,1-3H3. The molecule has 2 aliphatic rings. The molecule has 2 aliphatic heterocycles. The Balaban J connectivity index is 1.89. The normalized spacial score (nSPS) is 22.3. The van der Waals surface area contributed by atoms with E-state index in [2.05, 4.69) is 37.0 Å². The molecule has 1 atom stereocenters. The highest BCUT2D eigenvalue weighted by atomic mass is 16.6. The molecule has 0 aromatic heterocycles. The molecule has 0 saturated heterocycles. The first-order chi connectivity index (χ1) is 12.4. The van der Waals surface area contributed by atoms with Gasteiger partial charge < -0.3 is 9.64 Å². The number of non-ortho nitro benzene ring substituents is 1. The lowest BCUT2D eigenvalue weighted by atomic mass is 9.77. The van der Waals surface area contributed by atoms with Gasteiger partial charge in [0.2, 0.25) is 5.72 Å². The van der Waals surface area contributed by atoms with Gasteiger partial charge in [-0.05, 0) is 37.6 Å². The fourth-order valence-electron chi connectivity index (χ4n) is 4.02. The molecule has 132 valence electrons. The molecule has 0 saturated carbocycles. The molecule has 0 bridgehead atoms. The van der Waals surface area contributed by atoms with Crippen LogP contribution in [0, 0.1) is 10.1 Å². The fraction of sp³-hybridized carbons (Fsp3) is 0.238. The van der Waals surface area contributed by atoms with Crippen LogP contribution in [-0.2, 0) is 5.41 Å². The molecule has 4 rings (SSSR count). The van der Waals surface area contributed by atoms with Gasteiger partial charge in [0.15, 0.2) is 0 Å². The van der Waals surface area contributed by atoms with Gasteiger partial charge in [-0.3, -0.25) is 10.1 Å². The summed E-state index contributed by atoms with van der Waals surface area (Å²) in [6.07, 6.45) is 7.75. The number of hydrogen-bond acceptors (Lipinski definition) is 4. The van der Waals surface area contributed by atoms with E-state index in [1.165, 1.54) is 11.6 Å². The van der Waals surface area contributed by atoms with Crippen LogP contribution in [0.3, 0.4) is 0 Å². The largest absolute Gasteiger partial charge is 0.463 e. The molecule has 0 radical (unpaired) electrons. The van der Waals surface area contributed by atoms with E-state index in [0.717, 1.165) is 5.69 Å². The van der Waals surface area contributed by atoms with E-state index in [0.29, 0.717) is 11.3 Å². The van der Waals surface area contributed by atoms with E-state index >= 15 is 0 Å². The fourth-order valence-corrected chi connectivity index (χ4v) is 4.02. The van der Waals surface area contributed by atoms with E-state index in [9.17, 15) is 10.1 Å². The minimum absolute atomic E-state index is 0.0536. The first-order valence-corrected chi connectivity index (χ1v) is 8.53. The van der Waals surface area contributed by atoms with Gasteiger partial charge in [0.05, 0.1) is 10.3 Å². The van der Waals surface area contributed by atoms with Crippen LogP contribution in [0.25, 0.3) is 6.08 Å². The average molecular weight is 348 g/mol. The van der Waals surface area contributed by atoms with Crippen LogP contribution in [0.2, 0.25) is 0 Å². The van der Waals surface area contributed by atoms with E-state index in [1.54, 1.807) is 12.1 Å². The second-order valence-electron chi connectivity index (χ2n) is 7.20. The van der Waals surface area contributed by atoms with Crippen molar-refractivity contribution in [3.8, 4) is 5.75 Å². The molecule has 2 aromatic carbocycles. The van der Waals surface area contributed by atoms with Crippen LogP contribution < -0.4 is 9.64 Å². The molecule has 0 N–H and O–H groups in total. The summed E-state index contributed by atoms with van der Waals surface area (Å²) >= 11 is 0. The third-order valence-electron chi connectivity index (χ3n) is 5.51. The summed E-state index contributed by atoms with van der Waals surface area (Å²) in [6.45, 7) is 4.33. The number of likely N-dealkylation sites (N-methyl/N-ethyl adjacent to an activating group) is 1. The number of nitro benzene ring substituents is 1. The van der Waals surface area contributed by atoms with Crippen LogP contribution >= 0.6 is 0 Å². The molecule has 2 heterocycles. The number of fused-ring (bicyclic) bond motifs is 2. The Bertz CT molecular complexity index is 961. The summed E-state index contributed by atoms with van der Waals surface area (Å²) in [7, 11) is 2.02. The van der Waals surface area contributed by atoms with Crippen LogP contribution in [0.1, 0.15) is 25.0 Å². The van der Waals surface area contributed by atoms with Gasteiger partial charge in [0.25, 0.3) is 5.69 Å². The number of ether oxygens (including phenoxy) is 1. The quantitative estimate of drug-likeness (QED) is 0.555. The van der Waals surface area contributed by atoms with Crippen molar-refractivity contribution in [1.29, 1.82) is 0 Å². The van der Waals surface area contributed by atoms with Gasteiger partial charge in [-0.2, -0.15) is 0 Å². The Morgan fingerprint density at radius 1 is 1.12 bits per heavy atom. The van der Waals surface area contributed by atoms with Gasteiger partial charge in [0, 0.05) is 30.4 Å². The van der Waals surface area contributed by atoms with E-state index in [-0.39, 0.29) is 16.0 Å². The number of hydrogen-bond donors (Lipinski definition) is 0. The van der Waals surface area contributed by atoms with Crippen molar-refractivity contribution in [2.45, 2.75) is 25.0 Å². The van der Waals surface area contributed by atoms with Crippen molar-refractivity contribution < 1.29 is 9.66 Å². The van der Waals surface area contributed by atoms with Crippen molar-refractivity contribution in [2.75, 3.05) is 11.9 Å². The number of para-hydroxylation sites is 1. The van der Waals surface area contributed by atoms with E-state index in [1.807, 2.05) is 37.4 Å². The van der Waals surface area contributed by atoms with E-state index < -0.39 is 5.72 Å². The topological polar surface area (TPSA) is 55.6 Å². The summed E-state index contributed by atoms with van der Waals surface area (Å²) in [5.74, 6) is 0.629. The molecule has 5 nitrogen and oxygen atoms in total. The minimum atomic E-state index is -0.730. The second kappa shape index (κ2) is 5.46. The SMILES string of the molecule is CN1c2ccccc2C(C)(C)C12C=CC=Cc1cc([N+](=O)[O-])ccc1O2. The van der Waals surface area contributed by atoms with Crippen molar-refractivity contribution in [3.05, 3.63) is 81.9 Å². The molecular formula is C21H20N2O3. The van der Waals surface area contributed by atoms with Crippen molar-refractivity contribution in [2.24, 2.45) is 0 Å². The highest BCUT2D eigenvalue weighted by Crippen LogP contribution is 2.53. The molecule has 2 aromatic rings. The number of rotatable bonds is 1. The molecule has 1 unspecified atom stereocenters. The van der Waals surface area contributed by atoms with Crippen LogP contribution in [0.5, 0.6) is 5.75 Å². The maximum Gasteiger partial charge on any atom is 0.270 e. The van der Waals surface area contributed by atoms with Crippen molar-refractivity contribution >= 4 is 17.5 Å². The molecular weight excluding hydrogens is 328 g/mol. The van der Waals surface area contributed by atoms with Crippen LogP contribution in [-0.4, -0.2) is 17.7 Å². The third-order valence-corrected chi connectivity index (χ3v) is 5.51. The monoisotopic (exact) mass is 348 g/mol. The van der Waals surface area contributed by atoms with Crippen molar-refractivity contribution in [1.82, 2.24) is 0 Å². The summed E-state index contributed by atoms with van der Waals surface area (Å²) in [4.78, 5) is 12.9. The van der Waals surface area contributed by atoms with Crippen molar-refractivity contribution in [3.63, 3.8) is 0 Å². The molecule has 0 amide bonds. The number of nitro groups is 1. The molecule has 5 heteroatoms. The number of anilines is 1. The first-order valence-electron chi connectivity index (χ1n) is 8.53. The number of benzene rings is 2. The van der Waals surface area contributed by atoms with Gasteiger partial charge in [-0.1, -0.05) is 36.4 Å². The molecule has 26 heavy (non-hydrogen) atoms. The maximum atomic E-state index is 11.1. The Labute approximate surface area is 152 Å². The lowest BCUT2D eigenvalue weighted by Crippen LogP contribution is -2.57. The Kier molecular flexibility index (Phi) is 3.44. The number of nitrogens with zero attached hydrogens (tertiary/aromatic N) is 2. The lowest BCUT2D eigenvalue weighted by molar-refractivity contribution is -0.384. The molecule has 1 spiro atoms. The lowest BCUT2D eigenvalue weighted by Gasteiger charge is -2.44.